The van der Waals surface area contributed by atoms with E-state index in [9.17, 15) is 67.8 Å². The first-order valence-electron chi connectivity index (χ1n) is 19.4. The Hall–Kier alpha value is -3.27. The van der Waals surface area contributed by atoms with Gasteiger partial charge in [-0.15, -0.1) is 0 Å². The zero-order valence-electron chi connectivity index (χ0n) is 34.6. The zero-order valence-corrected chi connectivity index (χ0v) is 38.1. The lowest BCUT2D eigenvalue weighted by Crippen LogP contribution is -2.46. The molecule has 8 unspecified atom stereocenters. The van der Waals surface area contributed by atoms with Gasteiger partial charge in [-0.25, -0.2) is 33.4 Å². The number of aliphatic carboxylic acids is 1. The Morgan fingerprint density at radius 3 is 2.38 bits per heavy atom. The number of carboxylic acids is 1. The van der Waals surface area contributed by atoms with Crippen LogP contribution in [-0.4, -0.2) is 145 Å². The number of carboxylic acid groups (broad SMARTS) is 1. The second-order valence-corrected chi connectivity index (χ2v) is 20.3. The van der Waals surface area contributed by atoms with Crippen LogP contribution in [0.5, 0.6) is 0 Å². The zero-order chi connectivity index (χ0) is 47.9. The molecule has 362 valence electrons. The summed E-state index contributed by atoms with van der Waals surface area (Å²) < 4.78 is 62.2. The van der Waals surface area contributed by atoms with Crippen LogP contribution in [0.2, 0.25) is 0 Å². The van der Waals surface area contributed by atoms with Gasteiger partial charge in [-0.05, 0) is 19.3 Å². The van der Waals surface area contributed by atoms with E-state index in [1.54, 1.807) is 6.08 Å². The minimum Gasteiger partial charge on any atom is -0.478 e. The maximum absolute atomic E-state index is 12.7. The van der Waals surface area contributed by atoms with Crippen molar-refractivity contribution in [2.75, 3.05) is 37.8 Å². The molecule has 0 radical (unpaired) electrons. The van der Waals surface area contributed by atoms with Crippen molar-refractivity contribution in [1.29, 1.82) is 0 Å². The van der Waals surface area contributed by atoms with Gasteiger partial charge in [0, 0.05) is 43.2 Å². The van der Waals surface area contributed by atoms with Gasteiger partial charge in [0.15, 0.2) is 22.8 Å². The van der Waals surface area contributed by atoms with Crippen molar-refractivity contribution in [3.63, 3.8) is 0 Å². The van der Waals surface area contributed by atoms with E-state index in [1.807, 2.05) is 0 Å². The van der Waals surface area contributed by atoms with Crippen molar-refractivity contribution in [2.24, 2.45) is 5.41 Å². The van der Waals surface area contributed by atoms with Crippen molar-refractivity contribution in [2.45, 2.75) is 102 Å². The number of nitrogens with one attached hydrogen (secondary N) is 2. The fraction of sp³-hybridized carbons (Fsp3) is 0.667. The van der Waals surface area contributed by atoms with Gasteiger partial charge in [-0.3, -0.25) is 32.5 Å². The van der Waals surface area contributed by atoms with Crippen LogP contribution in [0.15, 0.2) is 24.8 Å². The summed E-state index contributed by atoms with van der Waals surface area (Å²) in [6.45, 7) is 0.266. The number of carbonyl (C=O) groups is 4. The predicted octanol–water partition coefficient (Wildman–Crippen LogP) is 0.397. The number of rotatable bonds is 29. The molecule has 0 bridgehead atoms. The second kappa shape index (κ2) is 25.0. The number of ether oxygens (including phenoxy) is 1. The third-order valence-electron chi connectivity index (χ3n) is 9.09. The molecule has 2 amide bonds. The summed E-state index contributed by atoms with van der Waals surface area (Å²) in [5.41, 5.74) is 4.21. The Labute approximate surface area is 369 Å². The number of phosphoric ester groups is 3. The van der Waals surface area contributed by atoms with Gasteiger partial charge in [0.1, 0.15) is 36.3 Å². The van der Waals surface area contributed by atoms with Crippen LogP contribution in [0.4, 0.5) is 5.82 Å². The van der Waals surface area contributed by atoms with Gasteiger partial charge in [-0.2, -0.15) is 4.31 Å². The Morgan fingerprint density at radius 2 is 1.69 bits per heavy atom. The van der Waals surface area contributed by atoms with Gasteiger partial charge < -0.3 is 61.1 Å². The average Bonchev–Trinajstić information content (AvgIpc) is 3.75. The number of nitrogen functional groups attached to an aromatic ring is 1. The van der Waals surface area contributed by atoms with E-state index in [0.717, 1.165) is 54.3 Å². The molecule has 0 aromatic carbocycles. The van der Waals surface area contributed by atoms with Crippen molar-refractivity contribution < 1.29 is 95.5 Å². The maximum atomic E-state index is 12.7. The first-order chi connectivity index (χ1) is 29.8. The lowest BCUT2D eigenvalue weighted by molar-refractivity contribution is -0.137. The molecular formula is C33H54N7O20P3S. The SMILES string of the molecule is CC(C)(COP(=O)(O)OP(=O)(O)OCC1OC(n2cnc3c(N)ncnc32)C(O)C1OP(=O)(O)O)C(O)C(=O)NCCC(=O)NCCSC(=O)CC(O)CCCCCC/C=C/C(=O)O. The number of imidazole rings is 1. The minimum absolute atomic E-state index is 0.0194. The molecule has 1 saturated heterocycles. The number of unbranched alkanes of at least 4 members (excludes halogenated alkanes) is 4. The highest BCUT2D eigenvalue weighted by atomic mass is 32.2. The Balaban J connectivity index is 1.37. The third-order valence-corrected chi connectivity index (χ3v) is 13.1. The lowest BCUT2D eigenvalue weighted by atomic mass is 9.87. The summed E-state index contributed by atoms with van der Waals surface area (Å²) in [5.74, 6) is -2.33. The molecule has 2 aromatic rings. The highest BCUT2D eigenvalue weighted by Crippen LogP contribution is 2.61. The number of amides is 2. The maximum Gasteiger partial charge on any atom is 0.481 e. The number of nitrogens with zero attached hydrogens (tertiary/aromatic N) is 4. The monoisotopic (exact) mass is 993 g/mol. The van der Waals surface area contributed by atoms with Crippen LogP contribution in [0, 0.1) is 5.41 Å². The molecule has 1 aliphatic rings. The Bertz CT molecular complexity index is 2070. The van der Waals surface area contributed by atoms with Crippen LogP contribution in [0.3, 0.4) is 0 Å². The number of thioether (sulfide) groups is 1. The summed E-state index contributed by atoms with van der Waals surface area (Å²) >= 11 is 0.938. The first kappa shape index (κ1) is 55.1. The van der Waals surface area contributed by atoms with Crippen molar-refractivity contribution in [3.8, 4) is 0 Å². The van der Waals surface area contributed by atoms with Crippen molar-refractivity contribution in [3.05, 3.63) is 24.8 Å². The normalized spacial score (nSPS) is 21.0. The van der Waals surface area contributed by atoms with Gasteiger partial charge >= 0.3 is 29.4 Å². The number of aliphatic hydroxyl groups is 3. The van der Waals surface area contributed by atoms with Gasteiger partial charge in [-0.1, -0.05) is 50.9 Å². The molecule has 0 aliphatic carbocycles. The molecule has 0 spiro atoms. The van der Waals surface area contributed by atoms with Crippen molar-refractivity contribution in [1.82, 2.24) is 30.2 Å². The summed E-state index contributed by atoms with van der Waals surface area (Å²) in [6.07, 6.45) is -0.949. The first-order valence-corrected chi connectivity index (χ1v) is 24.9. The topological polar surface area (TPSA) is 421 Å². The molecule has 31 heteroatoms. The number of nitrogens with two attached hydrogens (primary N) is 1. The number of hydrogen-bond acceptors (Lipinski definition) is 20. The number of carbonyl (C=O) groups excluding carboxylic acids is 3. The molecule has 27 nitrogen and oxygen atoms in total. The predicted molar refractivity (Wildman–Crippen MR) is 222 cm³/mol. The second-order valence-electron chi connectivity index (χ2n) is 14.9. The van der Waals surface area contributed by atoms with E-state index >= 15 is 0 Å². The van der Waals surface area contributed by atoms with E-state index in [0.29, 0.717) is 19.3 Å². The summed E-state index contributed by atoms with van der Waals surface area (Å²) in [7, 11) is -16.5. The average molecular weight is 994 g/mol. The van der Waals surface area contributed by atoms with Crippen LogP contribution in [-0.2, 0) is 55.5 Å². The molecule has 1 aliphatic heterocycles. The molecule has 2 aromatic heterocycles. The summed E-state index contributed by atoms with van der Waals surface area (Å²) in [4.78, 5) is 98.5. The summed E-state index contributed by atoms with van der Waals surface area (Å²) in [6, 6.07) is 0. The number of phosphoric acid groups is 3. The molecular weight excluding hydrogens is 939 g/mol. The highest BCUT2D eigenvalue weighted by Gasteiger charge is 2.50. The fourth-order valence-corrected chi connectivity index (χ4v) is 9.40. The van der Waals surface area contributed by atoms with Crippen LogP contribution in [0.1, 0.15) is 71.4 Å². The molecule has 3 rings (SSSR count). The molecule has 3 heterocycles. The quantitative estimate of drug-likeness (QED) is 0.0298. The molecule has 12 N–H and O–H groups in total. The van der Waals surface area contributed by atoms with Crippen LogP contribution < -0.4 is 16.4 Å². The number of aliphatic hydroxyl groups excluding tert-OH is 3. The number of anilines is 1. The smallest absolute Gasteiger partial charge is 0.478 e. The third kappa shape index (κ3) is 18.9. The van der Waals surface area contributed by atoms with E-state index in [-0.39, 0.29) is 53.8 Å². The number of hydrogen-bond donors (Lipinski definition) is 11. The van der Waals surface area contributed by atoms with Crippen LogP contribution in [0.25, 0.3) is 11.2 Å². The molecule has 64 heavy (non-hydrogen) atoms. The summed E-state index contributed by atoms with van der Waals surface area (Å²) in [5, 5.41) is 44.8. The minimum atomic E-state index is -5.60. The molecule has 8 atom stereocenters. The largest absolute Gasteiger partial charge is 0.481 e. The Kier molecular flexibility index (Phi) is 21.5. The highest BCUT2D eigenvalue weighted by molar-refractivity contribution is 8.13. The van der Waals surface area contributed by atoms with Crippen molar-refractivity contribution >= 4 is 75.1 Å². The lowest BCUT2D eigenvalue weighted by Gasteiger charge is -2.30. The fourth-order valence-electron chi connectivity index (χ4n) is 5.83. The van der Waals surface area contributed by atoms with Gasteiger partial charge in [0.25, 0.3) is 0 Å². The number of aromatic nitrogens is 4. The van der Waals surface area contributed by atoms with Gasteiger partial charge in [0.2, 0.25) is 11.8 Å². The standard InChI is InChI=1S/C33H54N7O20P3S/c1-33(2,28(47)31(48)36-12-11-22(42)35-13-14-64-24(45)15-20(41)9-7-5-3-4-6-8-10-23(43)44)17-57-63(54,55)60-62(52,53)56-16-21-27(59-61(49,50)51)26(46)32(58-21)40-19-39-25-29(34)37-18-38-30(25)40/h8,10,18-21,26-28,32,41,46-47H,3-7,9,11-17H2,1-2H3,(H,35,42)(H,36,48)(H,43,44)(H,52,53)(H,54,55)(H2,34,37,38)(H2,49,50,51)/b10-8+. The number of fused-ring (bicyclic) bond motifs is 1. The molecule has 1 fully saturated rings. The van der Waals surface area contributed by atoms with E-state index in [4.69, 9.17) is 24.6 Å². The van der Waals surface area contributed by atoms with E-state index in [1.165, 1.54) is 13.8 Å². The van der Waals surface area contributed by atoms with Gasteiger partial charge in [0.05, 0.1) is 25.6 Å². The number of allylic oxidation sites excluding steroid dienone is 1. The molecule has 0 saturated carbocycles. The van der Waals surface area contributed by atoms with E-state index < -0.39 is 96.6 Å². The van der Waals surface area contributed by atoms with Crippen LogP contribution >= 0.6 is 35.2 Å². The Morgan fingerprint density at radius 1 is 1.00 bits per heavy atom. The van der Waals surface area contributed by atoms with E-state index in [2.05, 4.69) is 34.4 Å².